The number of benzene rings is 1. The van der Waals surface area contributed by atoms with E-state index in [0.717, 1.165) is 6.42 Å². The molecule has 2 fully saturated rings. The minimum absolute atomic E-state index is 0.0260. The number of hydrogen-bond donors (Lipinski definition) is 0. The summed E-state index contributed by atoms with van der Waals surface area (Å²) in [5, 5.41) is 0. The maximum atomic E-state index is 15.6. The van der Waals surface area contributed by atoms with Crippen molar-refractivity contribution in [3.63, 3.8) is 0 Å². The highest BCUT2D eigenvalue weighted by atomic mass is 19.3. The van der Waals surface area contributed by atoms with Gasteiger partial charge in [-0.05, 0) is 56.1 Å². The zero-order valence-corrected chi connectivity index (χ0v) is 15.8. The number of rotatable bonds is 5. The fourth-order valence-corrected chi connectivity index (χ4v) is 5.05. The van der Waals surface area contributed by atoms with Gasteiger partial charge in [0.25, 0.3) is 5.92 Å². The minimum atomic E-state index is -3.12. The first-order valence-corrected chi connectivity index (χ1v) is 9.89. The van der Waals surface area contributed by atoms with Crippen molar-refractivity contribution in [2.75, 3.05) is 6.61 Å². The van der Waals surface area contributed by atoms with Gasteiger partial charge in [0.1, 0.15) is 5.67 Å². The molecule has 1 aromatic rings. The van der Waals surface area contributed by atoms with Crippen LogP contribution in [0.25, 0.3) is 0 Å². The van der Waals surface area contributed by atoms with Gasteiger partial charge in [-0.1, -0.05) is 25.8 Å². The van der Waals surface area contributed by atoms with Crippen molar-refractivity contribution in [3.05, 3.63) is 29.3 Å². The molecule has 6 heteroatoms. The Bertz CT molecular complexity index is 677. The molecule has 0 saturated heterocycles. The summed E-state index contributed by atoms with van der Waals surface area (Å²) in [6, 6.07) is 2.65. The van der Waals surface area contributed by atoms with Crippen molar-refractivity contribution in [2.45, 2.75) is 76.3 Å². The molecule has 4 unspecified atom stereocenters. The first-order chi connectivity index (χ1) is 12.7. The van der Waals surface area contributed by atoms with Crippen molar-refractivity contribution >= 4 is 0 Å². The van der Waals surface area contributed by atoms with Gasteiger partial charge in [-0.25, -0.2) is 17.6 Å². The molecule has 4 atom stereocenters. The van der Waals surface area contributed by atoms with Gasteiger partial charge in [-0.2, -0.15) is 4.39 Å². The molecule has 0 amide bonds. The van der Waals surface area contributed by atoms with Gasteiger partial charge < -0.3 is 4.74 Å². The van der Waals surface area contributed by atoms with E-state index in [1.165, 1.54) is 12.1 Å². The summed E-state index contributed by atoms with van der Waals surface area (Å²) < 4.78 is 79.0. The lowest BCUT2D eigenvalue weighted by Crippen LogP contribution is -2.39. The second-order valence-electron chi connectivity index (χ2n) is 8.10. The van der Waals surface area contributed by atoms with E-state index in [4.69, 9.17) is 4.74 Å². The van der Waals surface area contributed by atoms with Crippen molar-refractivity contribution in [3.8, 4) is 5.75 Å². The van der Waals surface area contributed by atoms with E-state index in [-0.39, 0.29) is 49.5 Å². The van der Waals surface area contributed by atoms with Gasteiger partial charge in [0.05, 0.1) is 12.5 Å². The fraction of sp³-hybridized carbons (Fsp3) is 0.714. The van der Waals surface area contributed by atoms with Gasteiger partial charge in [-0.3, -0.25) is 0 Å². The molecule has 0 aromatic heterocycles. The smallest absolute Gasteiger partial charge is 0.254 e. The van der Waals surface area contributed by atoms with E-state index < -0.39 is 35.1 Å². The first-order valence-electron chi connectivity index (χ1n) is 9.89. The van der Waals surface area contributed by atoms with Crippen LogP contribution in [0.5, 0.6) is 5.75 Å². The second-order valence-corrected chi connectivity index (χ2v) is 8.10. The van der Waals surface area contributed by atoms with Gasteiger partial charge >= 0.3 is 0 Å². The minimum Gasteiger partial charge on any atom is -0.491 e. The lowest BCUT2D eigenvalue weighted by atomic mass is 9.86. The average Bonchev–Trinajstić information content (AvgIpc) is 2.92. The van der Waals surface area contributed by atoms with Crippen LogP contribution in [-0.4, -0.2) is 18.2 Å². The Morgan fingerprint density at radius 2 is 1.81 bits per heavy atom. The molecule has 0 aliphatic heterocycles. The third-order valence-electron chi connectivity index (χ3n) is 6.28. The molecular weight excluding hydrogens is 363 g/mol. The SMILES string of the molecule is CCCC1CCC2(F)CC(c3ccc(OCC)c(F)c3F)CC2C(F)(F)C1. The van der Waals surface area contributed by atoms with Gasteiger partial charge in [-0.15, -0.1) is 0 Å². The second kappa shape index (κ2) is 7.59. The van der Waals surface area contributed by atoms with Gasteiger partial charge in [0, 0.05) is 6.42 Å². The molecule has 0 spiro atoms. The maximum absolute atomic E-state index is 15.6. The van der Waals surface area contributed by atoms with Crippen molar-refractivity contribution in [1.29, 1.82) is 0 Å². The molecule has 0 bridgehead atoms. The lowest BCUT2D eigenvalue weighted by molar-refractivity contribution is -0.110. The summed E-state index contributed by atoms with van der Waals surface area (Å²) in [4.78, 5) is 0. The molecule has 3 rings (SSSR count). The molecule has 2 aliphatic carbocycles. The third kappa shape index (κ3) is 3.81. The summed E-state index contributed by atoms with van der Waals surface area (Å²) in [6.45, 7) is 3.77. The third-order valence-corrected chi connectivity index (χ3v) is 6.28. The summed E-state index contributed by atoms with van der Waals surface area (Å²) >= 11 is 0. The summed E-state index contributed by atoms with van der Waals surface area (Å²) in [7, 11) is 0. The number of halogens is 5. The lowest BCUT2D eigenvalue weighted by Gasteiger charge is -2.30. The Morgan fingerprint density at radius 1 is 1.07 bits per heavy atom. The summed E-state index contributed by atoms with van der Waals surface area (Å²) in [6.07, 6.45) is 1.29. The fourth-order valence-electron chi connectivity index (χ4n) is 5.05. The normalized spacial score (nSPS) is 32.8. The molecule has 2 saturated carbocycles. The van der Waals surface area contributed by atoms with E-state index in [1.54, 1.807) is 6.92 Å². The topological polar surface area (TPSA) is 9.23 Å². The highest BCUT2D eigenvalue weighted by Gasteiger charge is 2.60. The van der Waals surface area contributed by atoms with Crippen LogP contribution in [0.4, 0.5) is 22.0 Å². The van der Waals surface area contributed by atoms with E-state index in [0.29, 0.717) is 12.8 Å². The molecule has 0 radical (unpaired) electrons. The molecule has 0 heterocycles. The van der Waals surface area contributed by atoms with Crippen molar-refractivity contribution in [2.24, 2.45) is 11.8 Å². The predicted molar refractivity (Wildman–Crippen MR) is 94.0 cm³/mol. The largest absolute Gasteiger partial charge is 0.491 e. The van der Waals surface area contributed by atoms with Crippen LogP contribution in [0.3, 0.4) is 0 Å². The Kier molecular flexibility index (Phi) is 5.74. The Morgan fingerprint density at radius 3 is 2.48 bits per heavy atom. The Hall–Kier alpha value is -1.33. The molecule has 27 heavy (non-hydrogen) atoms. The Balaban J connectivity index is 1.86. The summed E-state index contributed by atoms with van der Waals surface area (Å²) in [5.74, 6) is -7.96. The zero-order chi connectivity index (χ0) is 19.8. The van der Waals surface area contributed by atoms with Crippen LogP contribution in [0.15, 0.2) is 12.1 Å². The average molecular weight is 390 g/mol. The number of alkyl halides is 3. The van der Waals surface area contributed by atoms with Crippen LogP contribution < -0.4 is 4.74 Å². The molecule has 1 aromatic carbocycles. The standard InChI is InChI=1S/C21H27F5O/c1-3-5-13-8-9-20(24)12-14(10-17(20)21(25,26)11-13)15-6-7-16(27-4-2)19(23)18(15)22/h6-7,13-14,17H,3-5,8-12H2,1-2H3. The van der Waals surface area contributed by atoms with Crippen LogP contribution in [0.2, 0.25) is 0 Å². The quantitative estimate of drug-likeness (QED) is 0.502. The number of fused-ring (bicyclic) bond motifs is 1. The number of ether oxygens (including phenoxy) is 1. The monoisotopic (exact) mass is 390 g/mol. The van der Waals surface area contributed by atoms with Crippen molar-refractivity contribution < 1.29 is 26.7 Å². The molecule has 0 N–H and O–H groups in total. The van der Waals surface area contributed by atoms with E-state index >= 15 is 4.39 Å². The maximum Gasteiger partial charge on any atom is 0.254 e. The van der Waals surface area contributed by atoms with Crippen LogP contribution in [0, 0.1) is 23.5 Å². The van der Waals surface area contributed by atoms with E-state index in [2.05, 4.69) is 0 Å². The van der Waals surface area contributed by atoms with Crippen LogP contribution >= 0.6 is 0 Å². The molecule has 152 valence electrons. The highest BCUT2D eigenvalue weighted by molar-refractivity contribution is 5.34. The van der Waals surface area contributed by atoms with Gasteiger partial charge in [0.15, 0.2) is 11.6 Å². The Labute approximate surface area is 157 Å². The van der Waals surface area contributed by atoms with Crippen molar-refractivity contribution in [1.82, 2.24) is 0 Å². The van der Waals surface area contributed by atoms with Crippen LogP contribution in [0.1, 0.15) is 70.3 Å². The van der Waals surface area contributed by atoms with Gasteiger partial charge in [0.2, 0.25) is 5.82 Å². The molecule has 2 aliphatic rings. The summed E-state index contributed by atoms with van der Waals surface area (Å²) in [5.41, 5.74) is -2.06. The highest BCUT2D eigenvalue weighted by Crippen LogP contribution is 2.59. The molecular formula is C21H27F5O. The van der Waals surface area contributed by atoms with Crippen LogP contribution in [-0.2, 0) is 0 Å². The zero-order valence-electron chi connectivity index (χ0n) is 15.8. The van der Waals surface area contributed by atoms with E-state index in [9.17, 15) is 17.6 Å². The molecule has 1 nitrogen and oxygen atoms in total. The number of hydrogen-bond acceptors (Lipinski definition) is 1. The van der Waals surface area contributed by atoms with E-state index in [1.807, 2.05) is 6.92 Å². The first kappa shape index (κ1) is 20.4. The predicted octanol–water partition coefficient (Wildman–Crippen LogP) is 6.80.